The molecule has 0 aliphatic carbocycles. The van der Waals surface area contributed by atoms with Crippen molar-refractivity contribution < 1.29 is 37.3 Å². The van der Waals surface area contributed by atoms with Crippen molar-refractivity contribution in [2.24, 2.45) is 0 Å². The van der Waals surface area contributed by atoms with Gasteiger partial charge in [-0.3, -0.25) is 4.90 Å². The topological polar surface area (TPSA) is 77.5 Å². The largest absolute Gasteiger partial charge is 0.444 e. The van der Waals surface area contributed by atoms with Gasteiger partial charge in [-0.25, -0.2) is 9.18 Å². The Morgan fingerprint density at radius 2 is 1.04 bits per heavy atom. The van der Waals surface area contributed by atoms with Crippen LogP contribution in [0, 0.1) is 0 Å². The van der Waals surface area contributed by atoms with Crippen molar-refractivity contribution in [2.75, 3.05) is 13.3 Å². The fourth-order valence-electron chi connectivity index (χ4n) is 6.00. The Kier molecular flexibility index (Phi) is 13.0. The molecule has 0 aromatic heterocycles. The Balaban J connectivity index is 0.000000267. The summed E-state index contributed by atoms with van der Waals surface area (Å²) in [5.41, 5.74) is -1.46. The van der Waals surface area contributed by atoms with Crippen LogP contribution in [0.5, 0.6) is 0 Å². The van der Waals surface area contributed by atoms with Gasteiger partial charge < -0.3 is 9.47 Å². The van der Waals surface area contributed by atoms with Crippen LogP contribution in [0.2, 0.25) is 14.8 Å². The number of hydrogen-bond donors (Lipinski definition) is 0. The van der Waals surface area contributed by atoms with E-state index in [2.05, 4.69) is 42.9 Å². The number of nitrogens with zero attached hydrogens (tertiary/aromatic N) is 2. The number of carbonyl (C=O) groups is 2. The molecular weight excluding hydrogens is 805 g/mol. The number of ether oxygens (including phenoxy) is 4. The van der Waals surface area contributed by atoms with Gasteiger partial charge in [0.25, 0.3) is 0 Å². The van der Waals surface area contributed by atoms with E-state index in [0.717, 1.165) is 15.6 Å². The quantitative estimate of drug-likeness (QED) is 0.279. The fourth-order valence-corrected chi connectivity index (χ4v) is 9.59. The molecule has 0 unspecified atom stereocenters. The van der Waals surface area contributed by atoms with Gasteiger partial charge in [-0.15, -0.1) is 0 Å². The van der Waals surface area contributed by atoms with Gasteiger partial charge in [0.15, 0.2) is 0 Å². The first kappa shape index (κ1) is 41.5. The van der Waals surface area contributed by atoms with Crippen LogP contribution in [0.3, 0.4) is 0 Å². The third kappa shape index (κ3) is 10.5. The summed E-state index contributed by atoms with van der Waals surface area (Å²) >= 11 is 1.23. The first-order chi connectivity index (χ1) is 22.3. The van der Waals surface area contributed by atoms with Crippen LogP contribution < -0.4 is 3.58 Å². The van der Waals surface area contributed by atoms with E-state index in [0.29, 0.717) is 0 Å². The molecule has 4 rings (SSSR count). The number of carbonyl (C=O) groups excluding carboxylic acids is 2. The van der Waals surface area contributed by atoms with E-state index >= 15 is 0 Å². The third-order valence-corrected chi connectivity index (χ3v) is 14.6. The minimum absolute atomic E-state index is 0.508. The van der Waals surface area contributed by atoms with Gasteiger partial charge in [-0.2, -0.15) is 0 Å². The molecule has 0 radical (unpaired) electrons. The molecule has 2 heterocycles. The van der Waals surface area contributed by atoms with Crippen molar-refractivity contribution in [3.05, 3.63) is 64.1 Å². The molecule has 2 aliphatic heterocycles. The molecule has 2 aliphatic rings. The zero-order chi connectivity index (χ0) is 37.3. The molecule has 12 heteroatoms. The van der Waals surface area contributed by atoms with Crippen molar-refractivity contribution >= 4 is 50.1 Å². The molecule has 2 amide bonds. The molecule has 2 aromatic carbocycles. The molecule has 2 aromatic rings. The molecule has 0 spiro atoms. The summed E-state index contributed by atoms with van der Waals surface area (Å²) < 4.78 is 53.1. The smallest absolute Gasteiger partial charge is 0.413 e. The first-order valence-electron chi connectivity index (χ1n) is 16.7. The van der Waals surface area contributed by atoms with Crippen LogP contribution in [0.15, 0.2) is 53.0 Å². The summed E-state index contributed by atoms with van der Waals surface area (Å²) in [6, 6.07) is 14.3. The molecule has 49 heavy (non-hydrogen) atoms. The normalized spacial score (nSPS) is 23.5. The van der Waals surface area contributed by atoms with Gasteiger partial charge in [0.2, 0.25) is 0 Å². The summed E-state index contributed by atoms with van der Waals surface area (Å²) in [5.74, 6) is 0. The number of halogens is 3. The van der Waals surface area contributed by atoms with E-state index in [4.69, 9.17) is 18.9 Å². The van der Waals surface area contributed by atoms with Gasteiger partial charge in [0.1, 0.15) is 24.1 Å². The summed E-state index contributed by atoms with van der Waals surface area (Å²) in [5, 5.41) is 0. The molecule has 0 bridgehead atoms. The van der Waals surface area contributed by atoms with Gasteiger partial charge in [0.05, 0.1) is 6.04 Å². The summed E-state index contributed by atoms with van der Waals surface area (Å²) in [7, 11) is 0. The molecule has 8 nitrogen and oxygen atoms in total. The van der Waals surface area contributed by atoms with Crippen LogP contribution in [0.4, 0.5) is 18.4 Å². The molecule has 4 atom stereocenters. The summed E-state index contributed by atoms with van der Waals surface area (Å²) in [4.78, 5) is 35.0. The van der Waals surface area contributed by atoms with Crippen LogP contribution in [0.25, 0.3) is 0 Å². The van der Waals surface area contributed by atoms with Crippen LogP contribution >= 0.6 is 15.9 Å². The predicted octanol–water partition coefficient (Wildman–Crippen LogP) is 9.45. The number of rotatable bonds is 5. The fraction of sp³-hybridized carbons (Fsp3) is 0.622. The Labute approximate surface area is 304 Å². The molecule has 274 valence electrons. The average molecular weight is 860 g/mol. The summed E-state index contributed by atoms with van der Waals surface area (Å²) in [6.45, 7) is 16.4. The van der Waals surface area contributed by atoms with Crippen molar-refractivity contribution in [1.29, 1.82) is 0 Å². The molecule has 0 saturated carbocycles. The molecule has 0 N–H and O–H groups in total. The van der Waals surface area contributed by atoms with E-state index in [1.54, 1.807) is 69.2 Å². The number of amides is 2. The van der Waals surface area contributed by atoms with Crippen LogP contribution in [-0.4, -0.2) is 88.4 Å². The number of alkyl halides is 2. The maximum Gasteiger partial charge on any atom is 0.413 e. The van der Waals surface area contributed by atoms with Gasteiger partial charge in [-0.1, -0.05) is 28.1 Å². The Morgan fingerprint density at radius 1 is 0.714 bits per heavy atom. The number of hydrogen-bond acceptors (Lipinski definition) is 6. The van der Waals surface area contributed by atoms with E-state index in [1.165, 1.54) is 13.4 Å². The minimum atomic E-state index is -2.15. The van der Waals surface area contributed by atoms with E-state index in [9.17, 15) is 18.4 Å². The van der Waals surface area contributed by atoms with E-state index in [1.807, 2.05) is 36.4 Å². The van der Waals surface area contributed by atoms with E-state index in [-0.39, 0.29) is 0 Å². The Bertz CT molecular complexity index is 1440. The predicted molar refractivity (Wildman–Crippen MR) is 195 cm³/mol. The first-order valence-corrected chi connectivity index (χ1v) is 27.5. The van der Waals surface area contributed by atoms with Gasteiger partial charge >= 0.3 is 167 Å². The van der Waals surface area contributed by atoms with Crippen molar-refractivity contribution in [3.8, 4) is 0 Å². The zero-order valence-corrected chi connectivity index (χ0v) is 35.8. The maximum absolute atomic E-state index is 14.0. The molecule has 2 fully saturated rings. The van der Waals surface area contributed by atoms with Crippen molar-refractivity contribution in [3.63, 3.8) is 0 Å². The minimum Gasteiger partial charge on any atom is -0.444 e. The molecule has 2 saturated heterocycles. The SMILES string of the molecule is CC(C)(C)OC(=O)N1[C@H](CF)[C@@H](c2cc[c]([Sn]([CH3])([CH3])[CH3])cc2)OC1(C)C.CC(C)(C)OC(=O)N1[C@H](CF)[C@@H](c2ccc(Br)cc2)OC1(C)C. The second-order valence-corrected chi connectivity index (χ2v) is 31.9. The Hall–Kier alpha value is -1.96. The van der Waals surface area contributed by atoms with Crippen molar-refractivity contribution in [2.45, 2.75) is 131 Å². The zero-order valence-electron chi connectivity index (χ0n) is 31.3. The second kappa shape index (κ2) is 15.3. The average Bonchev–Trinajstić information content (AvgIpc) is 3.39. The number of benzene rings is 2. The van der Waals surface area contributed by atoms with Gasteiger partial charge in [-0.05, 0) is 52.3 Å². The Morgan fingerprint density at radius 3 is 1.33 bits per heavy atom. The standard InChI is InChI=1S/C17H23BrFNO3.C17H23FNO3.3CH3.Sn/c1-16(2,3)23-15(21)20-13(10-19)14(22-17(20,4)5)11-6-8-12(18)9-7-11;1-16(2,3)22-15(20)19-13(11-18)14(21-17(19,4)5)12-9-7-6-8-10-12;;;;/h6-9,13-14H,10H2,1-5H3;7-10,13-14H,11H2,1-5H3;3*1H3;/t2*13-,14-;;;;/m11..../s1. The van der Waals surface area contributed by atoms with Crippen molar-refractivity contribution in [1.82, 2.24) is 9.80 Å². The van der Waals surface area contributed by atoms with Crippen LogP contribution in [-0.2, 0) is 18.9 Å². The summed E-state index contributed by atoms with van der Waals surface area (Å²) in [6.07, 6.45) is -2.15. The van der Waals surface area contributed by atoms with Crippen LogP contribution in [0.1, 0.15) is 92.6 Å². The monoisotopic (exact) mass is 860 g/mol. The third-order valence-electron chi connectivity index (χ3n) is 8.15. The molecular formula is C37H55BrF2N2O6Sn. The van der Waals surface area contributed by atoms with Gasteiger partial charge in [0, 0.05) is 4.47 Å². The second-order valence-electron chi connectivity index (χ2n) is 16.5. The van der Waals surface area contributed by atoms with E-state index < -0.39 is 90.9 Å². The maximum atomic E-state index is 14.0.